The molecular weight excluding hydrogens is 256 g/mol. The molecule has 2 rings (SSSR count). The van der Waals surface area contributed by atoms with Gasteiger partial charge >= 0.3 is 0 Å². The van der Waals surface area contributed by atoms with E-state index in [2.05, 4.69) is 17.1 Å². The summed E-state index contributed by atoms with van der Waals surface area (Å²) in [6.45, 7) is 6.50. The average molecular weight is 278 g/mol. The second kappa shape index (κ2) is 6.56. The number of nitrogens with one attached hydrogen (secondary N) is 1. The molecule has 1 unspecified atom stereocenters. The molecule has 1 saturated heterocycles. The van der Waals surface area contributed by atoms with E-state index in [1.807, 2.05) is 0 Å². The maximum Gasteiger partial charge on any atom is 0.271 e. The standard InChI is InChI=1S/C14H22N4O2/c1-11(10-17-6-2-3-7-17)9-16-14-5-4-12(18(19)20)8-13(14)15/h4-5,8,11,16H,2-3,6-7,9-10,15H2,1H3. The molecule has 20 heavy (non-hydrogen) atoms. The molecule has 6 nitrogen and oxygen atoms in total. The summed E-state index contributed by atoms with van der Waals surface area (Å²) in [5.74, 6) is 0.516. The van der Waals surface area contributed by atoms with E-state index in [1.54, 1.807) is 6.07 Å². The summed E-state index contributed by atoms with van der Waals surface area (Å²) >= 11 is 0. The molecule has 0 aromatic heterocycles. The minimum atomic E-state index is -0.434. The van der Waals surface area contributed by atoms with Crippen LogP contribution in [0.1, 0.15) is 19.8 Å². The van der Waals surface area contributed by atoms with Crippen LogP contribution in [0, 0.1) is 16.0 Å². The number of nitrogens with zero attached hydrogens (tertiary/aromatic N) is 2. The van der Waals surface area contributed by atoms with E-state index in [1.165, 1.54) is 38.1 Å². The van der Waals surface area contributed by atoms with Crippen molar-refractivity contribution in [1.82, 2.24) is 4.90 Å². The number of benzene rings is 1. The van der Waals surface area contributed by atoms with Crippen LogP contribution in [0.5, 0.6) is 0 Å². The van der Waals surface area contributed by atoms with Gasteiger partial charge in [-0.3, -0.25) is 10.1 Å². The van der Waals surface area contributed by atoms with Crippen molar-refractivity contribution in [2.75, 3.05) is 37.2 Å². The fraction of sp³-hybridized carbons (Fsp3) is 0.571. The highest BCUT2D eigenvalue weighted by Crippen LogP contribution is 2.24. The first kappa shape index (κ1) is 14.6. The Kier molecular flexibility index (Phi) is 4.79. The van der Waals surface area contributed by atoms with Crippen molar-refractivity contribution in [3.8, 4) is 0 Å². The molecule has 1 heterocycles. The predicted molar refractivity (Wildman–Crippen MR) is 80.8 cm³/mol. The molecule has 0 radical (unpaired) electrons. The molecule has 0 amide bonds. The van der Waals surface area contributed by atoms with E-state index in [-0.39, 0.29) is 5.69 Å². The van der Waals surface area contributed by atoms with Gasteiger partial charge in [0.15, 0.2) is 0 Å². The number of nitro groups is 1. The third kappa shape index (κ3) is 3.84. The van der Waals surface area contributed by atoms with Crippen LogP contribution in [0.15, 0.2) is 18.2 Å². The molecule has 3 N–H and O–H groups in total. The molecule has 1 aliphatic rings. The molecule has 110 valence electrons. The van der Waals surface area contributed by atoms with Crippen LogP contribution in [0.3, 0.4) is 0 Å². The van der Waals surface area contributed by atoms with Gasteiger partial charge in [0.1, 0.15) is 0 Å². The Labute approximate surface area is 119 Å². The lowest BCUT2D eigenvalue weighted by molar-refractivity contribution is -0.384. The third-order valence-corrected chi connectivity index (χ3v) is 3.66. The van der Waals surface area contributed by atoms with Gasteiger partial charge in [-0.05, 0) is 37.9 Å². The van der Waals surface area contributed by atoms with E-state index < -0.39 is 4.92 Å². The molecule has 1 fully saturated rings. The Morgan fingerprint density at radius 3 is 2.75 bits per heavy atom. The lowest BCUT2D eigenvalue weighted by atomic mass is 10.1. The number of anilines is 2. The van der Waals surface area contributed by atoms with Crippen molar-refractivity contribution < 1.29 is 4.92 Å². The third-order valence-electron chi connectivity index (χ3n) is 3.66. The largest absolute Gasteiger partial charge is 0.397 e. The number of hydrogen-bond donors (Lipinski definition) is 2. The van der Waals surface area contributed by atoms with E-state index in [0.29, 0.717) is 11.6 Å². The highest BCUT2D eigenvalue weighted by atomic mass is 16.6. The van der Waals surface area contributed by atoms with Crippen LogP contribution in [0.25, 0.3) is 0 Å². The summed E-state index contributed by atoms with van der Waals surface area (Å²) < 4.78 is 0. The summed E-state index contributed by atoms with van der Waals surface area (Å²) in [5, 5.41) is 13.9. The van der Waals surface area contributed by atoms with Gasteiger partial charge < -0.3 is 16.0 Å². The Balaban J connectivity index is 1.85. The minimum absolute atomic E-state index is 0.0261. The zero-order valence-corrected chi connectivity index (χ0v) is 11.8. The summed E-state index contributed by atoms with van der Waals surface area (Å²) in [5.41, 5.74) is 7.05. The quantitative estimate of drug-likeness (QED) is 0.474. The summed E-state index contributed by atoms with van der Waals surface area (Å²) in [4.78, 5) is 12.7. The zero-order chi connectivity index (χ0) is 14.5. The molecule has 1 aliphatic heterocycles. The molecular formula is C14H22N4O2. The molecule has 1 aromatic rings. The monoisotopic (exact) mass is 278 g/mol. The molecule has 0 bridgehead atoms. The first-order valence-electron chi connectivity index (χ1n) is 7.06. The fourth-order valence-corrected chi connectivity index (χ4v) is 2.58. The van der Waals surface area contributed by atoms with Crippen molar-refractivity contribution in [2.45, 2.75) is 19.8 Å². The fourth-order valence-electron chi connectivity index (χ4n) is 2.58. The normalized spacial score (nSPS) is 17.1. The smallest absolute Gasteiger partial charge is 0.271 e. The zero-order valence-electron chi connectivity index (χ0n) is 11.8. The second-order valence-corrected chi connectivity index (χ2v) is 5.52. The number of non-ortho nitro benzene ring substituents is 1. The van der Waals surface area contributed by atoms with E-state index in [4.69, 9.17) is 5.73 Å². The van der Waals surface area contributed by atoms with Gasteiger partial charge in [0.25, 0.3) is 5.69 Å². The number of hydrogen-bond acceptors (Lipinski definition) is 5. The van der Waals surface area contributed by atoms with Crippen molar-refractivity contribution in [3.05, 3.63) is 28.3 Å². The number of nitrogen functional groups attached to an aromatic ring is 1. The van der Waals surface area contributed by atoms with E-state index in [0.717, 1.165) is 18.8 Å². The lowest BCUT2D eigenvalue weighted by Crippen LogP contribution is -2.29. The van der Waals surface area contributed by atoms with Crippen molar-refractivity contribution >= 4 is 17.1 Å². The van der Waals surface area contributed by atoms with Crippen molar-refractivity contribution in [3.63, 3.8) is 0 Å². The predicted octanol–water partition coefficient (Wildman–Crippen LogP) is 2.32. The second-order valence-electron chi connectivity index (χ2n) is 5.52. The van der Waals surface area contributed by atoms with Gasteiger partial charge in [-0.25, -0.2) is 0 Å². The van der Waals surface area contributed by atoms with Crippen molar-refractivity contribution in [1.29, 1.82) is 0 Å². The Morgan fingerprint density at radius 2 is 2.15 bits per heavy atom. The van der Waals surface area contributed by atoms with Crippen LogP contribution in [0.4, 0.5) is 17.1 Å². The van der Waals surface area contributed by atoms with Gasteiger partial charge in [0.2, 0.25) is 0 Å². The van der Waals surface area contributed by atoms with Crippen LogP contribution >= 0.6 is 0 Å². The number of rotatable bonds is 6. The molecule has 1 aromatic carbocycles. The molecule has 6 heteroatoms. The van der Waals surface area contributed by atoms with Gasteiger partial charge in [0.05, 0.1) is 16.3 Å². The molecule has 0 saturated carbocycles. The maximum absolute atomic E-state index is 10.6. The van der Waals surface area contributed by atoms with Gasteiger partial charge in [-0.15, -0.1) is 0 Å². The Hall–Kier alpha value is -1.82. The van der Waals surface area contributed by atoms with E-state index in [9.17, 15) is 10.1 Å². The summed E-state index contributed by atoms with van der Waals surface area (Å²) in [7, 11) is 0. The summed E-state index contributed by atoms with van der Waals surface area (Å²) in [6, 6.07) is 4.55. The maximum atomic E-state index is 10.6. The molecule has 0 aliphatic carbocycles. The van der Waals surface area contributed by atoms with Crippen LogP contribution < -0.4 is 11.1 Å². The highest BCUT2D eigenvalue weighted by molar-refractivity contribution is 5.69. The van der Waals surface area contributed by atoms with Gasteiger partial charge in [-0.2, -0.15) is 0 Å². The molecule has 1 atom stereocenters. The SMILES string of the molecule is CC(CNc1ccc([N+](=O)[O-])cc1N)CN1CCCC1. The topological polar surface area (TPSA) is 84.4 Å². The number of nitrogens with two attached hydrogens (primary N) is 1. The van der Waals surface area contributed by atoms with Crippen molar-refractivity contribution in [2.24, 2.45) is 5.92 Å². The Bertz CT molecular complexity index is 472. The Morgan fingerprint density at radius 1 is 1.45 bits per heavy atom. The molecule has 0 spiro atoms. The lowest BCUT2D eigenvalue weighted by Gasteiger charge is -2.21. The van der Waals surface area contributed by atoms with Gasteiger partial charge in [0, 0.05) is 25.2 Å². The average Bonchev–Trinajstić information content (AvgIpc) is 2.90. The summed E-state index contributed by atoms with van der Waals surface area (Å²) in [6.07, 6.45) is 2.60. The van der Waals surface area contributed by atoms with Crippen LogP contribution in [-0.2, 0) is 0 Å². The number of nitro benzene ring substituents is 1. The minimum Gasteiger partial charge on any atom is -0.397 e. The highest BCUT2D eigenvalue weighted by Gasteiger charge is 2.15. The van der Waals surface area contributed by atoms with Crippen LogP contribution in [0.2, 0.25) is 0 Å². The first-order valence-corrected chi connectivity index (χ1v) is 7.06. The first-order chi connectivity index (χ1) is 9.56. The van der Waals surface area contributed by atoms with E-state index >= 15 is 0 Å². The van der Waals surface area contributed by atoms with Crippen LogP contribution in [-0.4, -0.2) is 36.0 Å². The van der Waals surface area contributed by atoms with Gasteiger partial charge in [-0.1, -0.05) is 6.92 Å². The number of likely N-dealkylation sites (tertiary alicyclic amines) is 1.